The summed E-state index contributed by atoms with van der Waals surface area (Å²) in [5.41, 5.74) is 1.16. The van der Waals surface area contributed by atoms with Crippen LogP contribution in [0.1, 0.15) is 56.7 Å². The third-order valence-electron chi connectivity index (χ3n) is 3.97. The average molecular weight is 322 g/mol. The van der Waals surface area contributed by atoms with E-state index in [1.807, 2.05) is 13.0 Å². The molecule has 0 unspecified atom stereocenters. The second-order valence-electron chi connectivity index (χ2n) is 6.80. The van der Waals surface area contributed by atoms with Gasteiger partial charge in [0, 0.05) is 24.9 Å². The zero-order chi connectivity index (χ0) is 17.0. The minimum absolute atomic E-state index is 0.0405. The summed E-state index contributed by atoms with van der Waals surface area (Å²) >= 11 is 0. The predicted molar refractivity (Wildman–Crippen MR) is 86.1 cm³/mol. The topological polar surface area (TPSA) is 80.6 Å². The van der Waals surface area contributed by atoms with Crippen LogP contribution < -0.4 is 10.6 Å². The van der Waals surface area contributed by atoms with E-state index in [4.69, 9.17) is 9.15 Å². The Bertz CT molecular complexity index is 577. The Morgan fingerprint density at radius 3 is 2.87 bits per heavy atom. The highest BCUT2D eigenvalue weighted by atomic mass is 16.5. The number of carbonyl (C=O) groups is 2. The second kappa shape index (κ2) is 7.06. The van der Waals surface area contributed by atoms with Gasteiger partial charge in [-0.1, -0.05) is 13.8 Å². The molecule has 1 aliphatic carbocycles. The molecule has 128 valence electrons. The molecule has 0 fully saturated rings. The van der Waals surface area contributed by atoms with Crippen molar-refractivity contribution in [3.8, 4) is 0 Å². The van der Waals surface area contributed by atoms with Gasteiger partial charge in [0.2, 0.25) is 5.91 Å². The number of nitrogens with one attached hydrogen (secondary N) is 2. The fourth-order valence-electron chi connectivity index (χ4n) is 3.04. The highest BCUT2D eigenvalue weighted by molar-refractivity contribution is 5.77. The molecule has 0 aliphatic heterocycles. The fraction of sp³-hybridized carbons (Fsp3) is 0.647. The Hall–Kier alpha value is -1.98. The van der Waals surface area contributed by atoms with Crippen LogP contribution in [0.3, 0.4) is 0 Å². The minimum Gasteiger partial charge on any atom is -0.466 e. The van der Waals surface area contributed by atoms with Crippen molar-refractivity contribution in [3.05, 3.63) is 23.2 Å². The monoisotopic (exact) mass is 322 g/mol. The maximum absolute atomic E-state index is 12.1. The van der Waals surface area contributed by atoms with E-state index in [1.54, 1.807) is 6.92 Å². The molecule has 2 N–H and O–H groups in total. The zero-order valence-corrected chi connectivity index (χ0v) is 14.3. The zero-order valence-electron chi connectivity index (χ0n) is 14.3. The first-order valence-corrected chi connectivity index (χ1v) is 8.10. The number of alkyl carbamates (subject to hydrolysis) is 1. The van der Waals surface area contributed by atoms with Crippen molar-refractivity contribution in [2.45, 2.75) is 53.0 Å². The quantitative estimate of drug-likeness (QED) is 0.873. The van der Waals surface area contributed by atoms with Crippen molar-refractivity contribution in [2.24, 2.45) is 5.41 Å². The highest BCUT2D eigenvalue weighted by Crippen LogP contribution is 2.41. The lowest BCUT2D eigenvalue weighted by molar-refractivity contribution is -0.122. The van der Waals surface area contributed by atoms with Crippen molar-refractivity contribution in [1.29, 1.82) is 0 Å². The number of amides is 2. The first kappa shape index (κ1) is 17.4. The molecule has 0 radical (unpaired) electrons. The van der Waals surface area contributed by atoms with Crippen LogP contribution in [0.2, 0.25) is 0 Å². The van der Waals surface area contributed by atoms with Gasteiger partial charge in [-0.2, -0.15) is 0 Å². The third kappa shape index (κ3) is 4.74. The van der Waals surface area contributed by atoms with Crippen molar-refractivity contribution < 1.29 is 18.7 Å². The standard InChI is InChI=1S/C17H26N2O4/c1-5-22-16(21)18-7-6-15(20)19-13-9-17(3,4)10-14-12(13)8-11(2)23-14/h8,13H,5-7,9-10H2,1-4H3,(H,18,21)(H,19,20)/t13-/m1/s1. The summed E-state index contributed by atoms with van der Waals surface area (Å²) in [6, 6.07) is 1.97. The van der Waals surface area contributed by atoms with Crippen molar-refractivity contribution >= 4 is 12.0 Å². The summed E-state index contributed by atoms with van der Waals surface area (Å²) < 4.78 is 10.5. The second-order valence-corrected chi connectivity index (χ2v) is 6.80. The Balaban J connectivity index is 1.91. The summed E-state index contributed by atoms with van der Waals surface area (Å²) in [6.45, 7) is 8.59. The molecule has 0 spiro atoms. The van der Waals surface area contributed by atoms with Gasteiger partial charge in [0.05, 0.1) is 12.6 Å². The van der Waals surface area contributed by atoms with Gasteiger partial charge in [-0.25, -0.2) is 4.79 Å². The van der Waals surface area contributed by atoms with Gasteiger partial charge in [0.15, 0.2) is 0 Å². The lowest BCUT2D eigenvalue weighted by Gasteiger charge is -2.34. The Morgan fingerprint density at radius 2 is 2.17 bits per heavy atom. The Labute approximate surface area is 137 Å². The van der Waals surface area contributed by atoms with Crippen molar-refractivity contribution in [1.82, 2.24) is 10.6 Å². The van der Waals surface area contributed by atoms with Crippen LogP contribution >= 0.6 is 0 Å². The van der Waals surface area contributed by atoms with Crippen LogP contribution in [-0.2, 0) is 16.0 Å². The highest BCUT2D eigenvalue weighted by Gasteiger charge is 2.35. The summed E-state index contributed by atoms with van der Waals surface area (Å²) in [5.74, 6) is 1.75. The van der Waals surface area contributed by atoms with Gasteiger partial charge in [-0.05, 0) is 31.7 Å². The van der Waals surface area contributed by atoms with E-state index >= 15 is 0 Å². The molecule has 2 amide bonds. The number of fused-ring (bicyclic) bond motifs is 1. The summed E-state index contributed by atoms with van der Waals surface area (Å²) in [6.07, 6.45) is 1.48. The van der Waals surface area contributed by atoms with E-state index in [0.29, 0.717) is 6.61 Å². The van der Waals surface area contributed by atoms with Gasteiger partial charge in [-0.3, -0.25) is 4.79 Å². The third-order valence-corrected chi connectivity index (χ3v) is 3.97. The normalized spacial score (nSPS) is 18.9. The first-order valence-electron chi connectivity index (χ1n) is 8.10. The lowest BCUT2D eigenvalue weighted by Crippen LogP contribution is -2.37. The molecule has 1 heterocycles. The fourth-order valence-corrected chi connectivity index (χ4v) is 3.04. The maximum atomic E-state index is 12.1. The number of furan rings is 1. The van der Waals surface area contributed by atoms with Crippen LogP contribution in [0.5, 0.6) is 0 Å². The number of ether oxygens (including phenoxy) is 1. The minimum atomic E-state index is -0.494. The molecule has 2 rings (SSSR count). The molecule has 6 nitrogen and oxygen atoms in total. The molecule has 0 saturated carbocycles. The van der Waals surface area contributed by atoms with Crippen LogP contribution in [0, 0.1) is 12.3 Å². The van der Waals surface area contributed by atoms with Crippen LogP contribution in [-0.4, -0.2) is 25.2 Å². The molecule has 6 heteroatoms. The summed E-state index contributed by atoms with van der Waals surface area (Å²) in [5, 5.41) is 5.61. The lowest BCUT2D eigenvalue weighted by atomic mass is 9.74. The number of rotatable bonds is 5. The van der Waals surface area contributed by atoms with Crippen LogP contribution in [0.4, 0.5) is 4.79 Å². The molecule has 1 aromatic rings. The summed E-state index contributed by atoms with van der Waals surface area (Å²) in [4.78, 5) is 23.3. The molecule has 0 saturated heterocycles. The number of aryl methyl sites for hydroxylation is 1. The van der Waals surface area contributed by atoms with Gasteiger partial charge in [0.1, 0.15) is 11.5 Å². The Kier molecular flexibility index (Phi) is 5.34. The largest absolute Gasteiger partial charge is 0.466 e. The molecule has 1 aromatic heterocycles. The molecule has 1 aliphatic rings. The SMILES string of the molecule is CCOC(=O)NCCC(=O)N[C@@H]1CC(C)(C)Cc2oc(C)cc21. The van der Waals surface area contributed by atoms with Crippen molar-refractivity contribution in [2.75, 3.05) is 13.2 Å². The van der Waals surface area contributed by atoms with Gasteiger partial charge in [-0.15, -0.1) is 0 Å². The average Bonchev–Trinajstić information content (AvgIpc) is 2.78. The molecule has 1 atom stereocenters. The molecule has 0 bridgehead atoms. The van der Waals surface area contributed by atoms with E-state index in [2.05, 4.69) is 24.5 Å². The van der Waals surface area contributed by atoms with Crippen molar-refractivity contribution in [3.63, 3.8) is 0 Å². The van der Waals surface area contributed by atoms with E-state index in [0.717, 1.165) is 29.9 Å². The molecule has 0 aromatic carbocycles. The van der Waals surface area contributed by atoms with E-state index in [9.17, 15) is 9.59 Å². The van der Waals surface area contributed by atoms with E-state index in [-0.39, 0.29) is 30.3 Å². The van der Waals surface area contributed by atoms with Gasteiger partial charge >= 0.3 is 6.09 Å². The van der Waals surface area contributed by atoms with E-state index in [1.165, 1.54) is 0 Å². The van der Waals surface area contributed by atoms with Crippen LogP contribution in [0.25, 0.3) is 0 Å². The van der Waals surface area contributed by atoms with Gasteiger partial charge in [0.25, 0.3) is 0 Å². The van der Waals surface area contributed by atoms with Gasteiger partial charge < -0.3 is 19.8 Å². The summed E-state index contributed by atoms with van der Waals surface area (Å²) in [7, 11) is 0. The Morgan fingerprint density at radius 1 is 1.43 bits per heavy atom. The van der Waals surface area contributed by atoms with Crippen LogP contribution in [0.15, 0.2) is 10.5 Å². The first-order chi connectivity index (χ1) is 10.8. The number of carbonyl (C=O) groups excluding carboxylic acids is 2. The smallest absolute Gasteiger partial charge is 0.407 e. The molecular formula is C17H26N2O4. The molecular weight excluding hydrogens is 296 g/mol. The van der Waals surface area contributed by atoms with E-state index < -0.39 is 6.09 Å². The number of hydrogen-bond acceptors (Lipinski definition) is 4. The predicted octanol–water partition coefficient (Wildman–Crippen LogP) is 2.85. The molecule has 23 heavy (non-hydrogen) atoms. The maximum Gasteiger partial charge on any atom is 0.407 e. The number of hydrogen-bond donors (Lipinski definition) is 2.